The molecule has 0 aliphatic heterocycles. The molecule has 0 saturated heterocycles. The van der Waals surface area contributed by atoms with E-state index in [4.69, 9.17) is 0 Å². The standard InChI is InChI=1S/C15H16O4/c1-9-12(16)5-4-11-7-13(17)10(6-14(18)19-3)8-15(9,11)2/h4-5,7-9H,6H2,1-3H3. The second kappa shape index (κ2) is 4.61. The van der Waals surface area contributed by atoms with Gasteiger partial charge in [-0.3, -0.25) is 14.4 Å². The smallest absolute Gasteiger partial charge is 0.310 e. The van der Waals surface area contributed by atoms with Crippen molar-refractivity contribution in [3.63, 3.8) is 0 Å². The van der Waals surface area contributed by atoms with E-state index in [0.29, 0.717) is 5.57 Å². The number of carbonyl (C=O) groups excluding carboxylic acids is 3. The molecule has 0 bridgehead atoms. The first kappa shape index (κ1) is 13.5. The molecular formula is C15H16O4. The van der Waals surface area contributed by atoms with Crippen LogP contribution in [0.5, 0.6) is 0 Å². The summed E-state index contributed by atoms with van der Waals surface area (Å²) >= 11 is 0. The van der Waals surface area contributed by atoms with Gasteiger partial charge in [0, 0.05) is 16.9 Å². The monoisotopic (exact) mass is 260 g/mol. The Morgan fingerprint density at radius 3 is 2.68 bits per heavy atom. The maximum absolute atomic E-state index is 12.0. The molecule has 0 aromatic rings. The Morgan fingerprint density at radius 1 is 1.37 bits per heavy atom. The van der Waals surface area contributed by atoms with Gasteiger partial charge in [0.15, 0.2) is 11.6 Å². The van der Waals surface area contributed by atoms with Crippen molar-refractivity contribution in [3.05, 3.63) is 35.5 Å². The molecule has 2 rings (SSSR count). The Morgan fingerprint density at radius 2 is 2.05 bits per heavy atom. The van der Waals surface area contributed by atoms with E-state index in [1.807, 2.05) is 13.8 Å². The molecule has 2 atom stereocenters. The van der Waals surface area contributed by atoms with Crippen LogP contribution < -0.4 is 0 Å². The van der Waals surface area contributed by atoms with Crippen LogP contribution in [-0.4, -0.2) is 24.6 Å². The average Bonchev–Trinajstić information content (AvgIpc) is 2.38. The molecule has 0 spiro atoms. The summed E-state index contributed by atoms with van der Waals surface area (Å²) in [7, 11) is 1.29. The van der Waals surface area contributed by atoms with E-state index in [9.17, 15) is 14.4 Å². The fraction of sp³-hybridized carbons (Fsp3) is 0.400. The molecule has 0 N–H and O–H groups in total. The topological polar surface area (TPSA) is 60.4 Å². The molecule has 0 heterocycles. The molecule has 2 unspecified atom stereocenters. The number of carbonyl (C=O) groups is 3. The molecule has 0 fully saturated rings. The number of ketones is 2. The summed E-state index contributed by atoms with van der Waals surface area (Å²) in [5, 5.41) is 0. The Hall–Kier alpha value is -1.97. The molecule has 4 nitrogen and oxygen atoms in total. The van der Waals surface area contributed by atoms with Crippen molar-refractivity contribution in [3.8, 4) is 0 Å². The molecule has 19 heavy (non-hydrogen) atoms. The Bertz CT molecular complexity index is 550. The van der Waals surface area contributed by atoms with E-state index < -0.39 is 11.4 Å². The number of rotatable bonds is 2. The van der Waals surface area contributed by atoms with Crippen molar-refractivity contribution in [2.24, 2.45) is 11.3 Å². The summed E-state index contributed by atoms with van der Waals surface area (Å²) in [5.74, 6) is -0.860. The lowest BCUT2D eigenvalue weighted by Crippen LogP contribution is -2.36. The van der Waals surface area contributed by atoms with E-state index in [0.717, 1.165) is 5.57 Å². The molecule has 0 amide bonds. The zero-order valence-corrected chi connectivity index (χ0v) is 11.2. The van der Waals surface area contributed by atoms with Crippen molar-refractivity contribution >= 4 is 17.5 Å². The maximum Gasteiger partial charge on any atom is 0.310 e. The van der Waals surface area contributed by atoms with Crippen LogP contribution in [0, 0.1) is 11.3 Å². The molecular weight excluding hydrogens is 244 g/mol. The van der Waals surface area contributed by atoms with Gasteiger partial charge in [-0.15, -0.1) is 0 Å². The van der Waals surface area contributed by atoms with E-state index in [-0.39, 0.29) is 23.9 Å². The lowest BCUT2D eigenvalue weighted by atomic mass is 9.64. The number of hydrogen-bond acceptors (Lipinski definition) is 4. The third-order valence-corrected chi connectivity index (χ3v) is 4.02. The van der Waals surface area contributed by atoms with E-state index in [1.54, 1.807) is 12.2 Å². The van der Waals surface area contributed by atoms with Crippen LogP contribution in [0.2, 0.25) is 0 Å². The van der Waals surface area contributed by atoms with Crippen LogP contribution in [0.4, 0.5) is 0 Å². The van der Waals surface area contributed by atoms with Crippen LogP contribution in [0.25, 0.3) is 0 Å². The molecule has 0 aromatic heterocycles. The zero-order valence-electron chi connectivity index (χ0n) is 11.2. The zero-order chi connectivity index (χ0) is 14.2. The summed E-state index contributed by atoms with van der Waals surface area (Å²) in [4.78, 5) is 35.1. The highest BCUT2D eigenvalue weighted by atomic mass is 16.5. The summed E-state index contributed by atoms with van der Waals surface area (Å²) in [6.07, 6.45) is 6.39. The molecule has 2 aliphatic carbocycles. The van der Waals surface area contributed by atoms with Crippen LogP contribution in [0.1, 0.15) is 20.3 Å². The highest BCUT2D eigenvalue weighted by Crippen LogP contribution is 2.44. The number of fused-ring (bicyclic) bond motifs is 1. The maximum atomic E-state index is 12.0. The number of esters is 1. The summed E-state index contributed by atoms with van der Waals surface area (Å²) in [5.41, 5.74) is 0.689. The van der Waals surface area contributed by atoms with Gasteiger partial charge in [-0.2, -0.15) is 0 Å². The first-order valence-corrected chi connectivity index (χ1v) is 6.15. The Kier molecular flexibility index (Phi) is 3.27. The number of hydrogen-bond donors (Lipinski definition) is 0. The third kappa shape index (κ3) is 2.18. The molecule has 0 radical (unpaired) electrons. The number of ether oxygens (including phenoxy) is 1. The number of allylic oxidation sites excluding steroid dienone is 5. The second-order valence-electron chi connectivity index (χ2n) is 5.13. The van der Waals surface area contributed by atoms with Crippen molar-refractivity contribution in [1.29, 1.82) is 0 Å². The summed E-state index contributed by atoms with van der Waals surface area (Å²) in [6, 6.07) is 0. The summed E-state index contributed by atoms with van der Waals surface area (Å²) < 4.78 is 4.58. The fourth-order valence-corrected chi connectivity index (χ4v) is 2.49. The van der Waals surface area contributed by atoms with Gasteiger partial charge >= 0.3 is 5.97 Å². The van der Waals surface area contributed by atoms with Gasteiger partial charge in [-0.25, -0.2) is 0 Å². The van der Waals surface area contributed by atoms with Gasteiger partial charge in [0.05, 0.1) is 13.5 Å². The molecule has 2 aliphatic rings. The minimum atomic E-state index is -0.525. The fourth-order valence-electron chi connectivity index (χ4n) is 2.49. The largest absolute Gasteiger partial charge is 0.469 e. The third-order valence-electron chi connectivity index (χ3n) is 4.02. The summed E-state index contributed by atoms with van der Waals surface area (Å²) in [6.45, 7) is 3.75. The van der Waals surface area contributed by atoms with Crippen molar-refractivity contribution in [2.75, 3.05) is 7.11 Å². The normalized spacial score (nSPS) is 29.5. The quantitative estimate of drug-likeness (QED) is 0.710. The minimum absolute atomic E-state index is 0.0302. The lowest BCUT2D eigenvalue weighted by molar-refractivity contribution is -0.140. The van der Waals surface area contributed by atoms with E-state index >= 15 is 0 Å². The van der Waals surface area contributed by atoms with Crippen LogP contribution in [0.15, 0.2) is 35.5 Å². The molecule has 0 saturated carbocycles. The van der Waals surface area contributed by atoms with Crippen molar-refractivity contribution < 1.29 is 19.1 Å². The Labute approximate surface area is 111 Å². The molecule has 4 heteroatoms. The van der Waals surface area contributed by atoms with Crippen molar-refractivity contribution in [1.82, 2.24) is 0 Å². The van der Waals surface area contributed by atoms with E-state index in [1.165, 1.54) is 19.3 Å². The van der Waals surface area contributed by atoms with Crippen LogP contribution in [0.3, 0.4) is 0 Å². The molecule has 0 aromatic carbocycles. The second-order valence-corrected chi connectivity index (χ2v) is 5.13. The lowest BCUT2D eigenvalue weighted by Gasteiger charge is -2.38. The molecule has 100 valence electrons. The Balaban J connectivity index is 2.42. The van der Waals surface area contributed by atoms with Gasteiger partial charge in [0.25, 0.3) is 0 Å². The first-order valence-electron chi connectivity index (χ1n) is 6.15. The van der Waals surface area contributed by atoms with E-state index in [2.05, 4.69) is 4.74 Å². The average molecular weight is 260 g/mol. The predicted octanol–water partition coefficient (Wildman–Crippen LogP) is 1.77. The van der Waals surface area contributed by atoms with Gasteiger partial charge in [-0.1, -0.05) is 26.0 Å². The van der Waals surface area contributed by atoms with Crippen molar-refractivity contribution in [2.45, 2.75) is 20.3 Å². The predicted molar refractivity (Wildman–Crippen MR) is 69.2 cm³/mol. The van der Waals surface area contributed by atoms with Crippen LogP contribution in [-0.2, 0) is 19.1 Å². The van der Waals surface area contributed by atoms with Gasteiger partial charge in [-0.05, 0) is 17.7 Å². The van der Waals surface area contributed by atoms with Gasteiger partial charge in [0.2, 0.25) is 0 Å². The SMILES string of the molecule is COC(=O)CC1=CC2(C)C(=CC1=O)C=CC(=O)C2C. The van der Waals surface area contributed by atoms with Gasteiger partial charge < -0.3 is 4.74 Å². The minimum Gasteiger partial charge on any atom is -0.469 e. The highest BCUT2D eigenvalue weighted by Gasteiger charge is 2.41. The van der Waals surface area contributed by atoms with Gasteiger partial charge in [0.1, 0.15) is 0 Å². The highest BCUT2D eigenvalue weighted by molar-refractivity contribution is 6.09. The van der Waals surface area contributed by atoms with Crippen LogP contribution >= 0.6 is 0 Å². The number of methoxy groups -OCH3 is 1. The first-order chi connectivity index (χ1) is 8.88.